The van der Waals surface area contributed by atoms with E-state index < -0.39 is 5.60 Å². The number of nitrogens with one attached hydrogen (secondary N) is 1. The van der Waals surface area contributed by atoms with Gasteiger partial charge in [-0.3, -0.25) is 9.89 Å². The van der Waals surface area contributed by atoms with Crippen molar-refractivity contribution in [3.63, 3.8) is 0 Å². The molecular formula is C18H22FN3O3. The maximum absolute atomic E-state index is 13.3. The Morgan fingerprint density at radius 3 is 3.00 bits per heavy atom. The summed E-state index contributed by atoms with van der Waals surface area (Å²) in [7, 11) is 1.62. The highest BCUT2D eigenvalue weighted by Gasteiger charge is 2.39. The number of benzene rings is 1. The molecular weight excluding hydrogens is 325 g/mol. The fraction of sp³-hybridized carbons (Fsp3) is 0.444. The Labute approximate surface area is 145 Å². The number of nitrogens with zero attached hydrogens (tertiary/aromatic N) is 2. The number of ether oxygens (including phenoxy) is 2. The van der Waals surface area contributed by atoms with Crippen LogP contribution in [-0.2, 0) is 4.74 Å². The molecule has 1 aromatic carbocycles. The van der Waals surface area contributed by atoms with E-state index in [2.05, 4.69) is 10.2 Å². The van der Waals surface area contributed by atoms with Gasteiger partial charge in [0.1, 0.15) is 23.8 Å². The summed E-state index contributed by atoms with van der Waals surface area (Å²) in [6.45, 7) is 3.15. The van der Waals surface area contributed by atoms with Gasteiger partial charge in [0, 0.05) is 25.4 Å². The Morgan fingerprint density at radius 1 is 1.48 bits per heavy atom. The minimum absolute atomic E-state index is 0.0712. The van der Waals surface area contributed by atoms with E-state index in [1.54, 1.807) is 30.3 Å². The average Bonchev–Trinajstić information content (AvgIpc) is 3.05. The number of methoxy groups -OCH3 is 1. The zero-order valence-electron chi connectivity index (χ0n) is 14.4. The van der Waals surface area contributed by atoms with E-state index in [0.717, 1.165) is 18.5 Å². The van der Waals surface area contributed by atoms with Crippen LogP contribution in [0.15, 0.2) is 30.5 Å². The molecule has 1 atom stereocenters. The first-order valence-corrected chi connectivity index (χ1v) is 8.26. The number of carbonyl (C=O) groups excluding carboxylic acids is 1. The number of H-pyrrole nitrogens is 1. The quantitative estimate of drug-likeness (QED) is 0.903. The van der Waals surface area contributed by atoms with E-state index >= 15 is 0 Å². The van der Waals surface area contributed by atoms with E-state index in [0.29, 0.717) is 24.4 Å². The molecule has 6 nitrogen and oxygen atoms in total. The average molecular weight is 347 g/mol. The van der Waals surface area contributed by atoms with Crippen LogP contribution >= 0.6 is 0 Å². The Morgan fingerprint density at radius 2 is 2.32 bits per heavy atom. The lowest BCUT2D eigenvalue weighted by Gasteiger charge is -2.41. The van der Waals surface area contributed by atoms with Gasteiger partial charge >= 0.3 is 0 Å². The van der Waals surface area contributed by atoms with Crippen LogP contribution in [0.5, 0.6) is 5.75 Å². The molecule has 1 amide bonds. The monoisotopic (exact) mass is 347 g/mol. The molecule has 0 unspecified atom stereocenters. The predicted molar refractivity (Wildman–Crippen MR) is 90.1 cm³/mol. The molecule has 1 saturated heterocycles. The van der Waals surface area contributed by atoms with Gasteiger partial charge in [-0.15, -0.1) is 0 Å². The number of halogens is 1. The number of hydrogen-bond donors (Lipinski definition) is 1. The zero-order valence-corrected chi connectivity index (χ0v) is 14.4. The lowest BCUT2D eigenvalue weighted by molar-refractivity contribution is -0.0825. The number of aromatic amines is 1. The molecule has 2 aromatic rings. The van der Waals surface area contributed by atoms with Crippen LogP contribution in [0.3, 0.4) is 0 Å². The van der Waals surface area contributed by atoms with Gasteiger partial charge in [0.05, 0.1) is 18.3 Å². The van der Waals surface area contributed by atoms with Crippen LogP contribution in [0.1, 0.15) is 28.9 Å². The number of hydrogen-bond acceptors (Lipinski definition) is 4. The van der Waals surface area contributed by atoms with E-state index in [1.165, 1.54) is 12.1 Å². The molecule has 0 spiro atoms. The topological polar surface area (TPSA) is 67.5 Å². The smallest absolute Gasteiger partial charge is 0.257 e. The number of aryl methyl sites for hydroxylation is 1. The van der Waals surface area contributed by atoms with Crippen molar-refractivity contribution in [1.82, 2.24) is 15.1 Å². The van der Waals surface area contributed by atoms with Crippen molar-refractivity contribution in [1.29, 1.82) is 0 Å². The summed E-state index contributed by atoms with van der Waals surface area (Å²) in [6, 6.07) is 6.01. The molecule has 1 aliphatic rings. The van der Waals surface area contributed by atoms with Crippen molar-refractivity contribution in [2.24, 2.45) is 0 Å². The molecule has 3 rings (SSSR count). The Bertz CT molecular complexity index is 749. The SMILES string of the molecule is CO[C@]1(COc2cccc(F)c2)CCCN(C(=O)c2cn[nH]c2C)C1. The summed E-state index contributed by atoms with van der Waals surface area (Å²) < 4.78 is 24.8. The number of likely N-dealkylation sites (tertiary alicyclic amines) is 1. The number of carbonyl (C=O) groups is 1. The third-order valence-corrected chi connectivity index (χ3v) is 4.62. The molecule has 0 radical (unpaired) electrons. The Balaban J connectivity index is 1.70. The second kappa shape index (κ2) is 7.23. The van der Waals surface area contributed by atoms with E-state index in [1.807, 2.05) is 6.92 Å². The number of piperidine rings is 1. The molecule has 2 heterocycles. The lowest BCUT2D eigenvalue weighted by atomic mass is 9.92. The largest absolute Gasteiger partial charge is 0.490 e. The van der Waals surface area contributed by atoms with Gasteiger partial charge in [0.2, 0.25) is 0 Å². The molecule has 0 saturated carbocycles. The van der Waals surface area contributed by atoms with Crippen LogP contribution in [-0.4, -0.2) is 53.4 Å². The summed E-state index contributed by atoms with van der Waals surface area (Å²) in [5.41, 5.74) is 0.699. The highest BCUT2D eigenvalue weighted by Crippen LogP contribution is 2.27. The number of amides is 1. The van der Waals surface area contributed by atoms with Crippen LogP contribution in [0, 0.1) is 12.7 Å². The molecule has 134 valence electrons. The van der Waals surface area contributed by atoms with Gasteiger partial charge < -0.3 is 14.4 Å². The second-order valence-corrected chi connectivity index (χ2v) is 6.37. The van der Waals surface area contributed by atoms with Crippen LogP contribution < -0.4 is 4.74 Å². The minimum Gasteiger partial charge on any atom is -0.490 e. The number of rotatable bonds is 5. The van der Waals surface area contributed by atoms with Gasteiger partial charge in [0.25, 0.3) is 5.91 Å². The normalized spacial score (nSPS) is 20.5. The van der Waals surface area contributed by atoms with Gasteiger partial charge in [-0.05, 0) is 31.9 Å². The van der Waals surface area contributed by atoms with Crippen molar-refractivity contribution in [2.45, 2.75) is 25.4 Å². The lowest BCUT2D eigenvalue weighted by Crippen LogP contribution is -2.54. The van der Waals surface area contributed by atoms with E-state index in [9.17, 15) is 9.18 Å². The van der Waals surface area contributed by atoms with Gasteiger partial charge in [0.15, 0.2) is 0 Å². The van der Waals surface area contributed by atoms with Gasteiger partial charge in [-0.1, -0.05) is 6.07 Å². The maximum atomic E-state index is 13.3. The molecule has 0 bridgehead atoms. The minimum atomic E-state index is -0.613. The van der Waals surface area contributed by atoms with Gasteiger partial charge in [-0.2, -0.15) is 5.10 Å². The third kappa shape index (κ3) is 3.82. The fourth-order valence-electron chi connectivity index (χ4n) is 3.12. The Hall–Kier alpha value is -2.41. The highest BCUT2D eigenvalue weighted by molar-refractivity contribution is 5.95. The van der Waals surface area contributed by atoms with Crippen molar-refractivity contribution < 1.29 is 18.7 Å². The van der Waals surface area contributed by atoms with Gasteiger partial charge in [-0.25, -0.2) is 4.39 Å². The highest BCUT2D eigenvalue weighted by atomic mass is 19.1. The first-order valence-electron chi connectivity index (χ1n) is 8.26. The first-order chi connectivity index (χ1) is 12.0. The maximum Gasteiger partial charge on any atom is 0.257 e. The van der Waals surface area contributed by atoms with Crippen molar-refractivity contribution in [2.75, 3.05) is 26.8 Å². The summed E-state index contributed by atoms with van der Waals surface area (Å²) in [6.07, 6.45) is 3.12. The third-order valence-electron chi connectivity index (χ3n) is 4.62. The van der Waals surface area contributed by atoms with Crippen LogP contribution in [0.2, 0.25) is 0 Å². The van der Waals surface area contributed by atoms with Crippen molar-refractivity contribution in [3.05, 3.63) is 47.5 Å². The van der Waals surface area contributed by atoms with E-state index in [-0.39, 0.29) is 18.3 Å². The Kier molecular flexibility index (Phi) is 5.03. The first kappa shape index (κ1) is 17.4. The summed E-state index contributed by atoms with van der Waals surface area (Å²) in [5, 5.41) is 6.70. The summed E-state index contributed by atoms with van der Waals surface area (Å²) in [4.78, 5) is 14.5. The second-order valence-electron chi connectivity index (χ2n) is 6.37. The molecule has 1 fully saturated rings. The van der Waals surface area contributed by atoms with Crippen LogP contribution in [0.4, 0.5) is 4.39 Å². The van der Waals surface area contributed by atoms with Crippen molar-refractivity contribution >= 4 is 5.91 Å². The predicted octanol–water partition coefficient (Wildman–Crippen LogP) is 2.56. The summed E-state index contributed by atoms with van der Waals surface area (Å²) in [5.74, 6) is 0.0310. The van der Waals surface area contributed by atoms with Crippen LogP contribution in [0.25, 0.3) is 0 Å². The molecule has 7 heteroatoms. The fourth-order valence-corrected chi connectivity index (χ4v) is 3.12. The number of aromatic nitrogens is 2. The molecule has 1 aliphatic heterocycles. The van der Waals surface area contributed by atoms with Crippen molar-refractivity contribution in [3.8, 4) is 5.75 Å². The molecule has 25 heavy (non-hydrogen) atoms. The molecule has 1 N–H and O–H groups in total. The molecule has 1 aromatic heterocycles. The molecule has 0 aliphatic carbocycles. The summed E-state index contributed by atoms with van der Waals surface area (Å²) >= 11 is 0. The zero-order chi connectivity index (χ0) is 17.9. The standard InChI is InChI=1S/C18H22FN3O3/c1-13-16(10-20-21-13)17(23)22-8-4-7-18(11-22,24-2)12-25-15-6-3-5-14(19)9-15/h3,5-6,9-10H,4,7-8,11-12H2,1-2H3,(H,20,21)/t18-/m1/s1. The van der Waals surface area contributed by atoms with E-state index in [4.69, 9.17) is 9.47 Å².